The van der Waals surface area contributed by atoms with Crippen LogP contribution in [0.5, 0.6) is 0 Å². The van der Waals surface area contributed by atoms with Gasteiger partial charge in [0, 0.05) is 18.4 Å². The van der Waals surface area contributed by atoms with Crippen molar-refractivity contribution in [3.8, 4) is 0 Å². The highest BCUT2D eigenvalue weighted by atomic mass is 32.1. The highest BCUT2D eigenvalue weighted by Crippen LogP contribution is 2.13. The summed E-state index contributed by atoms with van der Waals surface area (Å²) in [7, 11) is 0. The lowest BCUT2D eigenvalue weighted by atomic mass is 9.93. The van der Waals surface area contributed by atoms with Crippen LogP contribution in [0.2, 0.25) is 0 Å². The number of hydrogen-bond acceptors (Lipinski definition) is 2. The second-order valence-electron chi connectivity index (χ2n) is 4.13. The van der Waals surface area contributed by atoms with Crippen LogP contribution in [0.4, 0.5) is 0 Å². The molecule has 0 unspecified atom stereocenters. The standard InChI is InChI=1S/C10H20N2OS/c1-4-5-6-8(13)12-7-10(2,3)9(11)14/h4-7H2,1-3H3,(H2,11,14)(H,12,13). The van der Waals surface area contributed by atoms with Gasteiger partial charge in [-0.15, -0.1) is 0 Å². The minimum absolute atomic E-state index is 0.0798. The van der Waals surface area contributed by atoms with E-state index in [1.54, 1.807) is 0 Å². The number of amides is 1. The van der Waals surface area contributed by atoms with E-state index in [1.807, 2.05) is 13.8 Å². The second kappa shape index (κ2) is 5.96. The third kappa shape index (κ3) is 5.17. The van der Waals surface area contributed by atoms with Gasteiger partial charge in [0.15, 0.2) is 0 Å². The Kier molecular flexibility index (Phi) is 5.69. The van der Waals surface area contributed by atoms with Crippen molar-refractivity contribution in [3.05, 3.63) is 0 Å². The van der Waals surface area contributed by atoms with Crippen molar-refractivity contribution in [2.75, 3.05) is 6.54 Å². The summed E-state index contributed by atoms with van der Waals surface area (Å²) in [4.78, 5) is 11.7. The number of nitrogens with two attached hydrogens (primary N) is 1. The quantitative estimate of drug-likeness (QED) is 0.663. The van der Waals surface area contributed by atoms with E-state index in [0.717, 1.165) is 12.8 Å². The third-order valence-corrected chi connectivity index (χ3v) is 2.70. The summed E-state index contributed by atoms with van der Waals surface area (Å²) in [6.45, 7) is 6.43. The van der Waals surface area contributed by atoms with Gasteiger partial charge >= 0.3 is 0 Å². The highest BCUT2D eigenvalue weighted by Gasteiger charge is 2.21. The molecule has 0 saturated heterocycles. The molecule has 14 heavy (non-hydrogen) atoms. The molecule has 3 N–H and O–H groups in total. The van der Waals surface area contributed by atoms with Crippen molar-refractivity contribution in [2.45, 2.75) is 40.0 Å². The molecular formula is C10H20N2OS. The molecule has 0 atom stereocenters. The molecule has 0 aliphatic heterocycles. The van der Waals surface area contributed by atoms with Crippen molar-refractivity contribution < 1.29 is 4.79 Å². The van der Waals surface area contributed by atoms with Gasteiger partial charge in [0.05, 0.1) is 4.99 Å². The van der Waals surface area contributed by atoms with Crippen LogP contribution in [0.1, 0.15) is 40.0 Å². The summed E-state index contributed by atoms with van der Waals surface area (Å²) in [6.07, 6.45) is 2.55. The molecule has 3 nitrogen and oxygen atoms in total. The van der Waals surface area contributed by atoms with E-state index >= 15 is 0 Å². The summed E-state index contributed by atoms with van der Waals surface area (Å²) >= 11 is 4.90. The zero-order valence-corrected chi connectivity index (χ0v) is 10.0. The summed E-state index contributed by atoms with van der Waals surface area (Å²) in [5.74, 6) is 0.0798. The first-order valence-electron chi connectivity index (χ1n) is 4.96. The summed E-state index contributed by atoms with van der Waals surface area (Å²) in [5, 5.41) is 2.83. The Bertz CT molecular complexity index is 214. The predicted molar refractivity (Wildman–Crippen MR) is 63.1 cm³/mol. The number of hydrogen-bond donors (Lipinski definition) is 2. The van der Waals surface area contributed by atoms with E-state index in [-0.39, 0.29) is 11.3 Å². The lowest BCUT2D eigenvalue weighted by Crippen LogP contribution is -2.41. The summed E-state index contributed by atoms with van der Waals surface area (Å²) in [5.41, 5.74) is 5.24. The number of rotatable bonds is 6. The Hall–Kier alpha value is -0.640. The molecule has 0 aromatic heterocycles. The molecule has 0 bridgehead atoms. The zero-order chi connectivity index (χ0) is 11.2. The minimum atomic E-state index is -0.294. The van der Waals surface area contributed by atoms with E-state index in [2.05, 4.69) is 12.2 Å². The van der Waals surface area contributed by atoms with Crippen LogP contribution >= 0.6 is 12.2 Å². The molecule has 0 radical (unpaired) electrons. The van der Waals surface area contributed by atoms with Gasteiger partial charge in [-0.2, -0.15) is 0 Å². The fraction of sp³-hybridized carbons (Fsp3) is 0.800. The van der Waals surface area contributed by atoms with Gasteiger partial charge < -0.3 is 11.1 Å². The van der Waals surface area contributed by atoms with Gasteiger partial charge in [-0.3, -0.25) is 4.79 Å². The first-order valence-corrected chi connectivity index (χ1v) is 5.37. The monoisotopic (exact) mass is 216 g/mol. The molecular weight excluding hydrogens is 196 g/mol. The van der Waals surface area contributed by atoms with E-state index < -0.39 is 0 Å². The van der Waals surface area contributed by atoms with Crippen molar-refractivity contribution in [2.24, 2.45) is 11.1 Å². The first kappa shape index (κ1) is 13.4. The van der Waals surface area contributed by atoms with Gasteiger partial charge in [0.25, 0.3) is 0 Å². The Morgan fingerprint density at radius 2 is 2.07 bits per heavy atom. The zero-order valence-electron chi connectivity index (χ0n) is 9.22. The van der Waals surface area contributed by atoms with Crippen LogP contribution in [0.15, 0.2) is 0 Å². The molecule has 1 amide bonds. The van der Waals surface area contributed by atoms with Crippen molar-refractivity contribution >= 4 is 23.1 Å². The maximum absolute atomic E-state index is 11.3. The summed E-state index contributed by atoms with van der Waals surface area (Å²) in [6, 6.07) is 0. The molecule has 4 heteroatoms. The lowest BCUT2D eigenvalue weighted by molar-refractivity contribution is -0.121. The number of carbonyl (C=O) groups excluding carboxylic acids is 1. The fourth-order valence-electron chi connectivity index (χ4n) is 0.832. The lowest BCUT2D eigenvalue weighted by Gasteiger charge is -2.23. The van der Waals surface area contributed by atoms with Crippen molar-refractivity contribution in [1.29, 1.82) is 0 Å². The normalized spacial score (nSPS) is 11.1. The Balaban J connectivity index is 3.82. The smallest absolute Gasteiger partial charge is 0.220 e. The number of unbranched alkanes of at least 4 members (excludes halogenated alkanes) is 1. The maximum Gasteiger partial charge on any atom is 0.220 e. The van der Waals surface area contributed by atoms with Crippen LogP contribution in [-0.2, 0) is 4.79 Å². The molecule has 0 rings (SSSR count). The van der Waals surface area contributed by atoms with Gasteiger partial charge in [-0.05, 0) is 6.42 Å². The average molecular weight is 216 g/mol. The van der Waals surface area contributed by atoms with Gasteiger partial charge in [-0.25, -0.2) is 0 Å². The minimum Gasteiger partial charge on any atom is -0.393 e. The largest absolute Gasteiger partial charge is 0.393 e. The molecule has 0 aliphatic carbocycles. The van der Waals surface area contributed by atoms with Crippen LogP contribution in [0, 0.1) is 5.41 Å². The molecule has 0 heterocycles. The topological polar surface area (TPSA) is 55.1 Å². The molecule has 0 aromatic rings. The van der Waals surface area contributed by atoms with E-state index in [1.165, 1.54) is 0 Å². The molecule has 0 fully saturated rings. The number of carbonyl (C=O) groups is 1. The molecule has 0 spiro atoms. The van der Waals surface area contributed by atoms with E-state index in [9.17, 15) is 4.79 Å². The van der Waals surface area contributed by atoms with E-state index in [0.29, 0.717) is 18.0 Å². The molecule has 0 aromatic carbocycles. The van der Waals surface area contributed by atoms with Crippen LogP contribution < -0.4 is 11.1 Å². The molecule has 0 aliphatic rings. The Labute approximate surface area is 91.4 Å². The van der Waals surface area contributed by atoms with Gasteiger partial charge in [-0.1, -0.05) is 39.4 Å². The molecule has 82 valence electrons. The Morgan fingerprint density at radius 1 is 1.50 bits per heavy atom. The summed E-state index contributed by atoms with van der Waals surface area (Å²) < 4.78 is 0. The fourth-order valence-corrected chi connectivity index (χ4v) is 0.905. The Morgan fingerprint density at radius 3 is 2.50 bits per heavy atom. The maximum atomic E-state index is 11.3. The van der Waals surface area contributed by atoms with Crippen LogP contribution in [0.25, 0.3) is 0 Å². The highest BCUT2D eigenvalue weighted by molar-refractivity contribution is 7.80. The van der Waals surface area contributed by atoms with Crippen molar-refractivity contribution in [1.82, 2.24) is 5.32 Å². The third-order valence-electron chi connectivity index (χ3n) is 2.15. The van der Waals surface area contributed by atoms with Crippen molar-refractivity contribution in [3.63, 3.8) is 0 Å². The number of nitrogens with one attached hydrogen (secondary N) is 1. The molecule has 0 saturated carbocycles. The second-order valence-corrected chi connectivity index (χ2v) is 4.57. The van der Waals surface area contributed by atoms with Gasteiger partial charge in [0.2, 0.25) is 5.91 Å². The SMILES string of the molecule is CCCCC(=O)NCC(C)(C)C(N)=S. The van der Waals surface area contributed by atoms with Crippen LogP contribution in [-0.4, -0.2) is 17.4 Å². The van der Waals surface area contributed by atoms with Crippen LogP contribution in [0.3, 0.4) is 0 Å². The van der Waals surface area contributed by atoms with Gasteiger partial charge in [0.1, 0.15) is 0 Å². The predicted octanol–water partition coefficient (Wildman–Crippen LogP) is 1.61. The first-order chi connectivity index (χ1) is 6.40. The van der Waals surface area contributed by atoms with E-state index in [4.69, 9.17) is 18.0 Å². The average Bonchev–Trinajstić information content (AvgIpc) is 2.11. The number of thiocarbonyl (C=S) groups is 1.